The van der Waals surface area contributed by atoms with Gasteiger partial charge in [-0.1, -0.05) is 6.07 Å². The average molecular weight is 253 g/mol. The molecule has 0 aliphatic heterocycles. The van der Waals surface area contributed by atoms with E-state index in [1.807, 2.05) is 0 Å². The molecule has 0 heterocycles. The van der Waals surface area contributed by atoms with E-state index in [-0.39, 0.29) is 17.8 Å². The Morgan fingerprint density at radius 2 is 2.17 bits per heavy atom. The Balaban J connectivity index is 2.81. The molecule has 0 bridgehead atoms. The highest BCUT2D eigenvalue weighted by molar-refractivity contribution is 6.02. The quantitative estimate of drug-likeness (QED) is 0.493. The zero-order valence-corrected chi connectivity index (χ0v) is 9.84. The predicted molar refractivity (Wildman–Crippen MR) is 64.9 cm³/mol. The molecule has 18 heavy (non-hydrogen) atoms. The van der Waals surface area contributed by atoms with Gasteiger partial charge >= 0.3 is 0 Å². The number of rotatable bonds is 5. The summed E-state index contributed by atoms with van der Waals surface area (Å²) in [6.07, 6.45) is -1.44. The van der Waals surface area contributed by atoms with Crippen LogP contribution in [-0.2, 0) is 4.79 Å². The first-order chi connectivity index (χ1) is 8.47. The summed E-state index contributed by atoms with van der Waals surface area (Å²) in [6, 6.07) is 4.76. The molecule has 1 rings (SSSR count). The fourth-order valence-electron chi connectivity index (χ4n) is 1.34. The number of anilines is 1. The van der Waals surface area contributed by atoms with Gasteiger partial charge in [-0.25, -0.2) is 0 Å². The Labute approximate surface area is 104 Å². The molecule has 0 aromatic heterocycles. The second-order valence-electron chi connectivity index (χ2n) is 3.55. The number of primary amides is 1. The van der Waals surface area contributed by atoms with Crippen molar-refractivity contribution in [3.63, 3.8) is 0 Å². The number of aliphatic hydroxyl groups excluding tert-OH is 1. The van der Waals surface area contributed by atoms with E-state index < -0.39 is 17.9 Å². The van der Waals surface area contributed by atoms with E-state index in [0.29, 0.717) is 5.75 Å². The number of benzene rings is 1. The van der Waals surface area contributed by atoms with Crippen LogP contribution in [-0.4, -0.2) is 36.7 Å². The van der Waals surface area contributed by atoms with Crippen LogP contribution in [0.5, 0.6) is 5.75 Å². The summed E-state index contributed by atoms with van der Waals surface area (Å²) in [5.41, 5.74) is 10.9. The van der Waals surface area contributed by atoms with Gasteiger partial charge in [-0.2, -0.15) is 0 Å². The molecule has 7 heteroatoms. The number of carbonyl (C=O) groups is 2. The average Bonchev–Trinajstić information content (AvgIpc) is 2.34. The third-order valence-corrected chi connectivity index (χ3v) is 2.29. The fraction of sp³-hybridized carbons (Fsp3) is 0.273. The van der Waals surface area contributed by atoms with E-state index in [4.69, 9.17) is 21.3 Å². The molecule has 2 amide bonds. The smallest absolute Gasteiger partial charge is 0.257 e. The molecular formula is C11H15N3O4. The highest BCUT2D eigenvalue weighted by atomic mass is 16.5. The zero-order chi connectivity index (χ0) is 13.7. The molecule has 1 aromatic rings. The molecule has 7 nitrogen and oxygen atoms in total. The molecule has 1 atom stereocenters. The van der Waals surface area contributed by atoms with Crippen molar-refractivity contribution < 1.29 is 19.4 Å². The van der Waals surface area contributed by atoms with Crippen molar-refractivity contribution in [3.05, 3.63) is 23.8 Å². The zero-order valence-electron chi connectivity index (χ0n) is 9.84. The van der Waals surface area contributed by atoms with Crippen LogP contribution < -0.4 is 21.5 Å². The molecule has 1 aromatic carbocycles. The van der Waals surface area contributed by atoms with E-state index in [1.165, 1.54) is 7.11 Å². The van der Waals surface area contributed by atoms with Crippen molar-refractivity contribution in [1.29, 1.82) is 0 Å². The van der Waals surface area contributed by atoms with Crippen LogP contribution in [0.3, 0.4) is 0 Å². The maximum atomic E-state index is 11.8. The number of carbonyl (C=O) groups excluding carboxylic acids is 2. The summed E-state index contributed by atoms with van der Waals surface area (Å²) in [5.74, 6) is -1.16. The molecule has 0 aliphatic rings. The largest absolute Gasteiger partial charge is 0.496 e. The lowest BCUT2D eigenvalue weighted by Gasteiger charge is -2.12. The van der Waals surface area contributed by atoms with Gasteiger partial charge < -0.3 is 26.6 Å². The second-order valence-corrected chi connectivity index (χ2v) is 3.55. The minimum atomic E-state index is -1.44. The normalized spacial score (nSPS) is 11.7. The standard InChI is InChI=1S/C11H15N3O4/c1-18-8-4-2-3-6(12)9(8)11(17)14-5-7(15)10(13)16/h2-4,7,15H,5,12H2,1H3,(H2,13,16)(H,14,17). The van der Waals surface area contributed by atoms with Crippen molar-refractivity contribution in [2.24, 2.45) is 5.73 Å². The van der Waals surface area contributed by atoms with Crippen molar-refractivity contribution >= 4 is 17.5 Å². The summed E-state index contributed by atoms with van der Waals surface area (Å²) in [4.78, 5) is 22.4. The summed E-state index contributed by atoms with van der Waals surface area (Å²) < 4.78 is 5.01. The van der Waals surface area contributed by atoms with E-state index in [9.17, 15) is 9.59 Å². The van der Waals surface area contributed by atoms with E-state index in [2.05, 4.69) is 5.32 Å². The maximum absolute atomic E-state index is 11.8. The number of amides is 2. The molecule has 0 saturated heterocycles. The summed E-state index contributed by atoms with van der Waals surface area (Å²) >= 11 is 0. The van der Waals surface area contributed by atoms with Gasteiger partial charge in [0.2, 0.25) is 5.91 Å². The SMILES string of the molecule is COc1cccc(N)c1C(=O)NCC(O)C(N)=O. The number of aliphatic hydroxyl groups is 1. The van der Waals surface area contributed by atoms with Gasteiger partial charge in [-0.05, 0) is 12.1 Å². The van der Waals surface area contributed by atoms with E-state index >= 15 is 0 Å². The van der Waals surface area contributed by atoms with Gasteiger partial charge in [0, 0.05) is 5.69 Å². The van der Waals surface area contributed by atoms with Crippen molar-refractivity contribution in [2.75, 3.05) is 19.4 Å². The summed E-state index contributed by atoms with van der Waals surface area (Å²) in [5, 5.41) is 11.5. The van der Waals surface area contributed by atoms with Crippen molar-refractivity contribution in [1.82, 2.24) is 5.32 Å². The fourth-order valence-corrected chi connectivity index (χ4v) is 1.34. The van der Waals surface area contributed by atoms with Crippen LogP contribution in [0.15, 0.2) is 18.2 Å². The van der Waals surface area contributed by atoms with Crippen molar-refractivity contribution in [2.45, 2.75) is 6.10 Å². The highest BCUT2D eigenvalue weighted by Gasteiger charge is 2.18. The van der Waals surface area contributed by atoms with Crippen molar-refractivity contribution in [3.8, 4) is 5.75 Å². The lowest BCUT2D eigenvalue weighted by Crippen LogP contribution is -2.40. The van der Waals surface area contributed by atoms with Crippen LogP contribution in [0.1, 0.15) is 10.4 Å². The summed E-state index contributed by atoms with van der Waals surface area (Å²) in [6.45, 7) is -0.286. The van der Waals surface area contributed by atoms with Gasteiger partial charge in [0.1, 0.15) is 17.4 Å². The Kier molecular flexibility index (Phi) is 4.50. The van der Waals surface area contributed by atoms with Crippen LogP contribution in [0.4, 0.5) is 5.69 Å². The monoisotopic (exact) mass is 253 g/mol. The second kappa shape index (κ2) is 5.87. The molecule has 0 fully saturated rings. The van der Waals surface area contributed by atoms with Gasteiger partial charge in [-0.15, -0.1) is 0 Å². The van der Waals surface area contributed by atoms with E-state index in [0.717, 1.165) is 0 Å². The molecule has 0 saturated carbocycles. The third kappa shape index (κ3) is 3.11. The number of hydrogen-bond acceptors (Lipinski definition) is 5. The molecular weight excluding hydrogens is 238 g/mol. The van der Waals surface area contributed by atoms with Gasteiger partial charge in [0.25, 0.3) is 5.91 Å². The maximum Gasteiger partial charge on any atom is 0.257 e. The molecule has 6 N–H and O–H groups in total. The first kappa shape index (κ1) is 13.8. The van der Waals surface area contributed by atoms with Crippen LogP contribution in [0.2, 0.25) is 0 Å². The first-order valence-electron chi connectivity index (χ1n) is 5.15. The third-order valence-electron chi connectivity index (χ3n) is 2.29. The molecule has 1 unspecified atom stereocenters. The lowest BCUT2D eigenvalue weighted by molar-refractivity contribution is -0.125. The van der Waals surface area contributed by atoms with E-state index in [1.54, 1.807) is 18.2 Å². The van der Waals surface area contributed by atoms with Gasteiger partial charge in [-0.3, -0.25) is 9.59 Å². The number of methoxy groups -OCH3 is 1. The van der Waals surface area contributed by atoms with Crippen LogP contribution in [0.25, 0.3) is 0 Å². The van der Waals surface area contributed by atoms with Gasteiger partial charge in [0.05, 0.1) is 13.7 Å². The van der Waals surface area contributed by atoms with Crippen LogP contribution in [0, 0.1) is 0 Å². The highest BCUT2D eigenvalue weighted by Crippen LogP contribution is 2.23. The Morgan fingerprint density at radius 1 is 1.50 bits per heavy atom. The Hall–Kier alpha value is -2.28. The molecule has 0 aliphatic carbocycles. The number of nitrogen functional groups attached to an aromatic ring is 1. The van der Waals surface area contributed by atoms with Gasteiger partial charge in [0.15, 0.2) is 0 Å². The molecule has 98 valence electrons. The number of nitrogens with two attached hydrogens (primary N) is 2. The summed E-state index contributed by atoms with van der Waals surface area (Å²) in [7, 11) is 1.41. The lowest BCUT2D eigenvalue weighted by atomic mass is 10.1. The number of ether oxygens (including phenoxy) is 1. The Bertz CT molecular complexity index is 462. The molecule has 0 spiro atoms. The topological polar surface area (TPSA) is 128 Å². The molecule has 0 radical (unpaired) electrons. The minimum absolute atomic E-state index is 0.150. The number of nitrogens with one attached hydrogen (secondary N) is 1. The predicted octanol–water partition coefficient (Wildman–Crippen LogP) is -1.15. The Morgan fingerprint density at radius 3 is 2.72 bits per heavy atom. The van der Waals surface area contributed by atoms with Crippen LogP contribution >= 0.6 is 0 Å². The first-order valence-corrected chi connectivity index (χ1v) is 5.15. The minimum Gasteiger partial charge on any atom is -0.496 e. The number of hydrogen-bond donors (Lipinski definition) is 4.